The van der Waals surface area contributed by atoms with E-state index in [0.29, 0.717) is 31.2 Å². The Bertz CT molecular complexity index is 532. The van der Waals surface area contributed by atoms with Crippen LogP contribution in [0.1, 0.15) is 27.2 Å². The Hall–Kier alpha value is -0.820. The van der Waals surface area contributed by atoms with Gasteiger partial charge in [-0.25, -0.2) is 12.7 Å². The molecule has 1 aromatic rings. The van der Waals surface area contributed by atoms with E-state index in [1.165, 1.54) is 4.31 Å². The Morgan fingerprint density at radius 3 is 2.23 bits per heavy atom. The molecule has 1 atom stereocenters. The Balaban J connectivity index is 0.00000441. The molecule has 0 fully saturated rings. The van der Waals surface area contributed by atoms with Gasteiger partial charge in [-0.05, 0) is 43.5 Å². The minimum absolute atomic E-state index is 0. The van der Waals surface area contributed by atoms with Crippen molar-refractivity contribution in [3.05, 3.63) is 24.3 Å². The molecule has 5 nitrogen and oxygen atoms in total. The maximum atomic E-state index is 12.4. The highest BCUT2D eigenvalue weighted by Crippen LogP contribution is 2.19. The third-order valence-electron chi connectivity index (χ3n) is 3.48. The van der Waals surface area contributed by atoms with Crippen molar-refractivity contribution < 1.29 is 13.2 Å². The number of ether oxygens (including phenoxy) is 1. The second-order valence-corrected chi connectivity index (χ2v) is 7.47. The van der Waals surface area contributed by atoms with E-state index in [-0.39, 0.29) is 23.3 Å². The van der Waals surface area contributed by atoms with E-state index in [1.54, 1.807) is 31.3 Å². The lowest BCUT2D eigenvalue weighted by Crippen LogP contribution is -2.34. The summed E-state index contributed by atoms with van der Waals surface area (Å²) in [5.41, 5.74) is 5.96. The summed E-state index contributed by atoms with van der Waals surface area (Å²) in [6.45, 7) is 6.92. The lowest BCUT2D eigenvalue weighted by molar-refractivity contribution is 0.340. The number of benzene rings is 1. The molecule has 0 spiro atoms. The summed E-state index contributed by atoms with van der Waals surface area (Å²) in [5.74, 6) is 1.01. The molecule has 0 heterocycles. The van der Waals surface area contributed by atoms with Gasteiger partial charge in [-0.3, -0.25) is 0 Å². The van der Waals surface area contributed by atoms with Crippen LogP contribution in [0.15, 0.2) is 29.2 Å². The smallest absolute Gasteiger partial charge is 0.242 e. The zero-order valence-corrected chi connectivity index (χ0v) is 15.3. The minimum atomic E-state index is -3.47. The van der Waals surface area contributed by atoms with E-state index in [2.05, 4.69) is 0 Å². The number of rotatable bonds is 8. The van der Waals surface area contributed by atoms with Crippen LogP contribution in [0.2, 0.25) is 0 Å². The van der Waals surface area contributed by atoms with Crippen molar-refractivity contribution in [3.63, 3.8) is 0 Å². The maximum absolute atomic E-state index is 12.4. The van der Waals surface area contributed by atoms with Gasteiger partial charge in [0, 0.05) is 19.6 Å². The third-order valence-corrected chi connectivity index (χ3v) is 5.35. The van der Waals surface area contributed by atoms with E-state index in [1.807, 2.05) is 20.8 Å². The average molecular weight is 351 g/mol. The van der Waals surface area contributed by atoms with Crippen LogP contribution in [0, 0.1) is 5.92 Å². The van der Waals surface area contributed by atoms with Gasteiger partial charge < -0.3 is 10.5 Å². The van der Waals surface area contributed by atoms with Crippen LogP contribution in [0.25, 0.3) is 0 Å². The normalized spacial score (nSPS) is 13.0. The highest BCUT2D eigenvalue weighted by molar-refractivity contribution is 7.89. The Morgan fingerprint density at radius 1 is 1.23 bits per heavy atom. The molecule has 1 unspecified atom stereocenters. The fourth-order valence-corrected chi connectivity index (χ4v) is 3.02. The number of hydrogen-bond acceptors (Lipinski definition) is 4. The zero-order valence-electron chi connectivity index (χ0n) is 13.7. The van der Waals surface area contributed by atoms with Crippen molar-refractivity contribution in [1.82, 2.24) is 4.31 Å². The molecule has 1 rings (SSSR count). The van der Waals surface area contributed by atoms with Gasteiger partial charge in [0.1, 0.15) is 5.75 Å². The van der Waals surface area contributed by atoms with Crippen LogP contribution in [-0.2, 0) is 10.0 Å². The molecule has 0 saturated heterocycles. The monoisotopic (exact) mass is 350 g/mol. The summed E-state index contributed by atoms with van der Waals surface area (Å²) >= 11 is 0. The summed E-state index contributed by atoms with van der Waals surface area (Å²) in [7, 11) is -1.89. The molecule has 0 aliphatic carbocycles. The number of halogens is 1. The third kappa shape index (κ3) is 5.76. The van der Waals surface area contributed by atoms with Crippen LogP contribution in [0.5, 0.6) is 5.75 Å². The molecule has 1 aromatic carbocycles. The number of nitrogens with two attached hydrogens (primary N) is 1. The first-order valence-corrected chi connectivity index (χ1v) is 8.67. The maximum Gasteiger partial charge on any atom is 0.242 e. The lowest BCUT2D eigenvalue weighted by Gasteiger charge is -2.21. The first kappa shape index (κ1) is 21.2. The van der Waals surface area contributed by atoms with Crippen LogP contribution in [0.3, 0.4) is 0 Å². The second kappa shape index (κ2) is 9.35. The quantitative estimate of drug-likeness (QED) is 0.781. The highest BCUT2D eigenvalue weighted by atomic mass is 35.5. The molecule has 7 heteroatoms. The standard InChI is InChI=1S/C15H26N2O3S.ClH/c1-5-20-13-6-8-14(9-7-13)21(18,19)17(4)11-10-15(16)12(2)3;/h6-9,12,15H,5,10-11,16H2,1-4H3;1H. The molecule has 0 amide bonds. The molecule has 2 N–H and O–H groups in total. The minimum Gasteiger partial charge on any atom is -0.494 e. The molecular weight excluding hydrogens is 324 g/mol. The summed E-state index contributed by atoms with van der Waals surface area (Å²) in [6.07, 6.45) is 0.643. The molecular formula is C15H27ClN2O3S. The molecule has 0 aromatic heterocycles. The molecule has 0 radical (unpaired) electrons. The number of sulfonamides is 1. The molecule has 128 valence electrons. The fourth-order valence-electron chi connectivity index (χ4n) is 1.84. The second-order valence-electron chi connectivity index (χ2n) is 5.43. The number of hydrogen-bond donors (Lipinski definition) is 1. The van der Waals surface area contributed by atoms with Gasteiger partial charge >= 0.3 is 0 Å². The van der Waals surface area contributed by atoms with Gasteiger partial charge in [-0.15, -0.1) is 12.4 Å². The van der Waals surface area contributed by atoms with Crippen LogP contribution in [0.4, 0.5) is 0 Å². The predicted octanol–water partition coefficient (Wildman–Crippen LogP) is 2.50. The van der Waals surface area contributed by atoms with Crippen molar-refractivity contribution in [2.45, 2.75) is 38.1 Å². The Kier molecular flexibility index (Phi) is 9.00. The summed E-state index contributed by atoms with van der Waals surface area (Å²) in [5, 5.41) is 0. The van der Waals surface area contributed by atoms with Gasteiger partial charge in [0.2, 0.25) is 10.0 Å². The van der Waals surface area contributed by atoms with E-state index in [4.69, 9.17) is 10.5 Å². The van der Waals surface area contributed by atoms with E-state index < -0.39 is 10.0 Å². The van der Waals surface area contributed by atoms with E-state index >= 15 is 0 Å². The van der Waals surface area contributed by atoms with Gasteiger partial charge in [0.15, 0.2) is 0 Å². The molecule has 0 saturated carbocycles. The van der Waals surface area contributed by atoms with Crippen molar-refractivity contribution in [2.75, 3.05) is 20.2 Å². The molecule has 22 heavy (non-hydrogen) atoms. The van der Waals surface area contributed by atoms with Crippen molar-refractivity contribution in [2.24, 2.45) is 11.7 Å². The zero-order chi connectivity index (χ0) is 16.0. The number of nitrogens with zero attached hydrogens (tertiary/aromatic N) is 1. The van der Waals surface area contributed by atoms with Gasteiger partial charge in [-0.2, -0.15) is 0 Å². The fraction of sp³-hybridized carbons (Fsp3) is 0.600. The Morgan fingerprint density at radius 2 is 1.77 bits per heavy atom. The van der Waals surface area contributed by atoms with Gasteiger partial charge in [-0.1, -0.05) is 13.8 Å². The summed E-state index contributed by atoms with van der Waals surface area (Å²) in [4.78, 5) is 0.270. The van der Waals surface area contributed by atoms with Crippen molar-refractivity contribution >= 4 is 22.4 Å². The summed E-state index contributed by atoms with van der Waals surface area (Å²) < 4.78 is 31.5. The van der Waals surface area contributed by atoms with Crippen molar-refractivity contribution in [1.29, 1.82) is 0 Å². The van der Waals surface area contributed by atoms with Crippen molar-refractivity contribution in [3.8, 4) is 5.75 Å². The van der Waals surface area contributed by atoms with Gasteiger partial charge in [0.25, 0.3) is 0 Å². The Labute approximate surface area is 140 Å². The predicted molar refractivity (Wildman–Crippen MR) is 92.1 cm³/mol. The van der Waals surface area contributed by atoms with E-state index in [0.717, 1.165) is 0 Å². The largest absolute Gasteiger partial charge is 0.494 e. The molecule has 0 bridgehead atoms. The SMILES string of the molecule is CCOc1ccc(S(=O)(=O)N(C)CCC(N)C(C)C)cc1.Cl. The summed E-state index contributed by atoms with van der Waals surface area (Å²) in [6, 6.07) is 6.48. The first-order valence-electron chi connectivity index (χ1n) is 7.23. The van der Waals surface area contributed by atoms with Crippen LogP contribution in [-0.4, -0.2) is 39.0 Å². The first-order chi connectivity index (χ1) is 9.78. The molecule has 0 aliphatic heterocycles. The van der Waals surface area contributed by atoms with Crippen LogP contribution < -0.4 is 10.5 Å². The topological polar surface area (TPSA) is 72.6 Å². The highest BCUT2D eigenvalue weighted by Gasteiger charge is 2.21. The average Bonchev–Trinajstić information content (AvgIpc) is 2.45. The van der Waals surface area contributed by atoms with Gasteiger partial charge in [0.05, 0.1) is 11.5 Å². The molecule has 0 aliphatic rings. The van der Waals surface area contributed by atoms with Crippen LogP contribution >= 0.6 is 12.4 Å². The van der Waals surface area contributed by atoms with E-state index in [9.17, 15) is 8.42 Å². The lowest BCUT2D eigenvalue weighted by atomic mass is 10.0.